The SMILES string of the molecule is Cc1ccccc1/C=C(\I)C=O. The molecule has 0 N–H and O–H groups in total. The molecule has 0 aliphatic carbocycles. The normalized spacial score (nSPS) is 11.3. The van der Waals surface area contributed by atoms with Crippen LogP contribution in [0.3, 0.4) is 0 Å². The van der Waals surface area contributed by atoms with Crippen LogP contribution in [0.1, 0.15) is 11.1 Å². The summed E-state index contributed by atoms with van der Waals surface area (Å²) in [5.41, 5.74) is 2.29. The Bertz CT molecular complexity index is 315. The third-order valence-corrected chi connectivity index (χ3v) is 2.16. The average Bonchev–Trinajstić information content (AvgIpc) is 2.09. The molecule has 0 aliphatic heterocycles. The lowest BCUT2D eigenvalue weighted by Gasteiger charge is -1.97. The van der Waals surface area contributed by atoms with Crippen molar-refractivity contribution in [2.75, 3.05) is 0 Å². The van der Waals surface area contributed by atoms with Crippen LogP contribution in [-0.2, 0) is 4.79 Å². The Morgan fingerprint density at radius 1 is 1.42 bits per heavy atom. The van der Waals surface area contributed by atoms with E-state index in [1.165, 1.54) is 5.56 Å². The highest BCUT2D eigenvalue weighted by molar-refractivity contribution is 14.1. The molecule has 0 amide bonds. The minimum Gasteiger partial charge on any atom is -0.297 e. The van der Waals surface area contributed by atoms with Crippen molar-refractivity contribution in [3.05, 3.63) is 39.0 Å². The minimum atomic E-state index is 0.724. The Morgan fingerprint density at radius 2 is 2.08 bits per heavy atom. The molecule has 12 heavy (non-hydrogen) atoms. The molecule has 1 aromatic rings. The fourth-order valence-corrected chi connectivity index (χ4v) is 1.27. The van der Waals surface area contributed by atoms with Crippen molar-refractivity contribution >= 4 is 35.0 Å². The van der Waals surface area contributed by atoms with E-state index in [2.05, 4.69) is 0 Å². The second-order valence-electron chi connectivity index (χ2n) is 2.50. The number of aryl methyl sites for hydroxylation is 1. The number of carbonyl (C=O) groups excluding carboxylic acids is 1. The molecule has 0 aromatic heterocycles. The van der Waals surface area contributed by atoms with Gasteiger partial charge in [0.15, 0.2) is 6.29 Å². The molecular formula is C10H9IO. The van der Waals surface area contributed by atoms with E-state index in [9.17, 15) is 4.79 Å². The van der Waals surface area contributed by atoms with E-state index in [0.29, 0.717) is 0 Å². The Morgan fingerprint density at radius 3 is 2.67 bits per heavy atom. The van der Waals surface area contributed by atoms with Crippen LogP contribution in [0.25, 0.3) is 6.08 Å². The summed E-state index contributed by atoms with van der Waals surface area (Å²) < 4.78 is 0.724. The lowest BCUT2D eigenvalue weighted by molar-refractivity contribution is -0.104. The van der Waals surface area contributed by atoms with Gasteiger partial charge in [-0.15, -0.1) is 0 Å². The van der Waals surface area contributed by atoms with Crippen LogP contribution in [-0.4, -0.2) is 6.29 Å². The van der Waals surface area contributed by atoms with Crippen molar-refractivity contribution in [2.45, 2.75) is 6.92 Å². The van der Waals surface area contributed by atoms with E-state index in [1.54, 1.807) is 0 Å². The maximum absolute atomic E-state index is 10.3. The molecule has 0 saturated carbocycles. The first-order chi connectivity index (χ1) is 5.74. The molecule has 0 bridgehead atoms. The summed E-state index contributed by atoms with van der Waals surface area (Å²) in [5, 5.41) is 0. The number of halogens is 1. The largest absolute Gasteiger partial charge is 0.297 e. The molecule has 0 heterocycles. The smallest absolute Gasteiger partial charge is 0.156 e. The maximum atomic E-state index is 10.3. The number of aldehydes is 1. The van der Waals surface area contributed by atoms with E-state index < -0.39 is 0 Å². The van der Waals surface area contributed by atoms with E-state index in [-0.39, 0.29) is 0 Å². The van der Waals surface area contributed by atoms with Gasteiger partial charge in [-0.1, -0.05) is 24.3 Å². The van der Waals surface area contributed by atoms with Crippen LogP contribution in [0.15, 0.2) is 27.8 Å². The monoisotopic (exact) mass is 272 g/mol. The first-order valence-corrected chi connectivity index (χ1v) is 4.70. The predicted octanol–water partition coefficient (Wildman–Crippen LogP) is 2.97. The first kappa shape index (κ1) is 9.45. The van der Waals surface area contributed by atoms with Crippen molar-refractivity contribution in [3.8, 4) is 0 Å². The molecule has 62 valence electrons. The van der Waals surface area contributed by atoms with Gasteiger partial charge in [-0.25, -0.2) is 0 Å². The fraction of sp³-hybridized carbons (Fsp3) is 0.100. The van der Waals surface area contributed by atoms with E-state index in [4.69, 9.17) is 0 Å². The summed E-state index contributed by atoms with van der Waals surface area (Å²) in [6, 6.07) is 7.98. The molecule has 2 heteroatoms. The van der Waals surface area contributed by atoms with Crippen molar-refractivity contribution < 1.29 is 4.79 Å². The highest BCUT2D eigenvalue weighted by Gasteiger charge is 1.93. The van der Waals surface area contributed by atoms with Crippen molar-refractivity contribution in [1.29, 1.82) is 0 Å². The summed E-state index contributed by atoms with van der Waals surface area (Å²) in [5.74, 6) is 0. The van der Waals surface area contributed by atoms with Gasteiger partial charge >= 0.3 is 0 Å². The molecule has 1 rings (SSSR count). The molecule has 0 radical (unpaired) electrons. The predicted molar refractivity (Wildman–Crippen MR) is 59.2 cm³/mol. The van der Waals surface area contributed by atoms with Crippen LogP contribution < -0.4 is 0 Å². The minimum absolute atomic E-state index is 0.724. The molecule has 0 fully saturated rings. The standard InChI is InChI=1S/C10H9IO/c1-8-4-2-3-5-9(8)6-10(11)7-12/h2-7H,1H3/b10-6-. The fourth-order valence-electron chi connectivity index (χ4n) is 0.931. The van der Waals surface area contributed by atoms with Gasteiger partial charge in [0, 0.05) is 0 Å². The van der Waals surface area contributed by atoms with Gasteiger partial charge in [0.25, 0.3) is 0 Å². The summed E-state index contributed by atoms with van der Waals surface area (Å²) in [7, 11) is 0. The van der Waals surface area contributed by atoms with Crippen molar-refractivity contribution in [3.63, 3.8) is 0 Å². The average molecular weight is 272 g/mol. The van der Waals surface area contributed by atoms with Gasteiger partial charge < -0.3 is 0 Å². The Kier molecular flexibility index (Phi) is 3.47. The Hall–Kier alpha value is -0.640. The van der Waals surface area contributed by atoms with E-state index in [0.717, 1.165) is 15.4 Å². The maximum Gasteiger partial charge on any atom is 0.156 e. The van der Waals surface area contributed by atoms with Crippen molar-refractivity contribution in [2.24, 2.45) is 0 Å². The molecule has 0 unspecified atom stereocenters. The number of hydrogen-bond acceptors (Lipinski definition) is 1. The zero-order chi connectivity index (χ0) is 8.97. The summed E-state index contributed by atoms with van der Waals surface area (Å²) in [6.45, 7) is 2.03. The van der Waals surface area contributed by atoms with Gasteiger partial charge in [-0.2, -0.15) is 0 Å². The first-order valence-electron chi connectivity index (χ1n) is 3.62. The summed E-state index contributed by atoms with van der Waals surface area (Å²) >= 11 is 2.02. The lowest BCUT2D eigenvalue weighted by Crippen LogP contribution is -1.79. The molecular weight excluding hydrogens is 263 g/mol. The highest BCUT2D eigenvalue weighted by Crippen LogP contribution is 2.13. The molecule has 0 aliphatic rings. The molecule has 1 aromatic carbocycles. The number of rotatable bonds is 2. The zero-order valence-corrected chi connectivity index (χ0v) is 8.91. The van der Waals surface area contributed by atoms with Crippen LogP contribution in [0.2, 0.25) is 0 Å². The van der Waals surface area contributed by atoms with Crippen molar-refractivity contribution in [1.82, 2.24) is 0 Å². The van der Waals surface area contributed by atoms with Gasteiger partial charge in [-0.05, 0) is 46.7 Å². The van der Waals surface area contributed by atoms with Gasteiger partial charge in [-0.3, -0.25) is 4.79 Å². The number of benzene rings is 1. The molecule has 0 spiro atoms. The van der Waals surface area contributed by atoms with Crippen LogP contribution in [0.4, 0.5) is 0 Å². The number of carbonyl (C=O) groups is 1. The Balaban J connectivity index is 3.04. The topological polar surface area (TPSA) is 17.1 Å². The quantitative estimate of drug-likeness (QED) is 0.459. The number of allylic oxidation sites excluding steroid dienone is 1. The molecule has 1 nitrogen and oxygen atoms in total. The summed E-state index contributed by atoms with van der Waals surface area (Å²) in [4.78, 5) is 10.3. The Labute approximate surface area is 85.6 Å². The third-order valence-electron chi connectivity index (χ3n) is 1.59. The van der Waals surface area contributed by atoms with Gasteiger partial charge in [0.2, 0.25) is 0 Å². The molecule has 0 saturated heterocycles. The van der Waals surface area contributed by atoms with Crippen LogP contribution >= 0.6 is 22.6 Å². The second-order valence-corrected chi connectivity index (χ2v) is 3.75. The number of hydrogen-bond donors (Lipinski definition) is 0. The summed E-state index contributed by atoms with van der Waals surface area (Å²) in [6.07, 6.45) is 2.73. The second kappa shape index (κ2) is 4.40. The van der Waals surface area contributed by atoms with E-state index >= 15 is 0 Å². The van der Waals surface area contributed by atoms with Gasteiger partial charge in [0.05, 0.1) is 3.58 Å². The highest BCUT2D eigenvalue weighted by atomic mass is 127. The molecule has 0 atom stereocenters. The van der Waals surface area contributed by atoms with Crippen LogP contribution in [0.5, 0.6) is 0 Å². The zero-order valence-electron chi connectivity index (χ0n) is 6.75. The third kappa shape index (κ3) is 2.44. The lowest BCUT2D eigenvalue weighted by atomic mass is 10.1. The van der Waals surface area contributed by atoms with Gasteiger partial charge in [0.1, 0.15) is 0 Å². The van der Waals surface area contributed by atoms with E-state index in [1.807, 2.05) is 59.9 Å². The van der Waals surface area contributed by atoms with Crippen LogP contribution in [0, 0.1) is 6.92 Å².